The topological polar surface area (TPSA) is 12.0 Å². The maximum Gasteiger partial charge on any atom is 0.146 e. The molecule has 0 spiro atoms. The van der Waals surface area contributed by atoms with Crippen LogP contribution < -0.4 is 5.32 Å². The highest BCUT2D eigenvalue weighted by molar-refractivity contribution is 6.30. The molecule has 0 aromatic heterocycles. The summed E-state index contributed by atoms with van der Waals surface area (Å²) in [7, 11) is 0. The zero-order chi connectivity index (χ0) is 13.0. The Balaban J connectivity index is 1.96. The van der Waals surface area contributed by atoms with E-state index in [0.29, 0.717) is 18.2 Å². The first-order valence-corrected chi connectivity index (χ1v) is 7.26. The molecule has 1 N–H and O–H groups in total. The number of hydrogen-bond donors (Lipinski definition) is 1. The molecule has 2 unspecified atom stereocenters. The second-order valence-electron chi connectivity index (χ2n) is 5.15. The molecule has 18 heavy (non-hydrogen) atoms. The van der Waals surface area contributed by atoms with Crippen molar-refractivity contribution in [1.82, 2.24) is 5.32 Å². The van der Waals surface area contributed by atoms with Crippen molar-refractivity contribution in [3.05, 3.63) is 34.6 Å². The van der Waals surface area contributed by atoms with Crippen LogP contribution in [0, 0.1) is 11.7 Å². The number of hydrogen-bond acceptors (Lipinski definition) is 1. The van der Waals surface area contributed by atoms with Gasteiger partial charge in [0.05, 0.1) is 5.02 Å². The van der Waals surface area contributed by atoms with Gasteiger partial charge in [-0.3, -0.25) is 0 Å². The Hall–Kier alpha value is -0.600. The molecule has 1 aliphatic carbocycles. The summed E-state index contributed by atoms with van der Waals surface area (Å²) in [5, 5.41) is 3.72. The highest BCUT2D eigenvalue weighted by atomic mass is 35.5. The van der Waals surface area contributed by atoms with Gasteiger partial charge in [-0.25, -0.2) is 4.39 Å². The second-order valence-corrected chi connectivity index (χ2v) is 5.56. The largest absolute Gasteiger partial charge is 0.310 e. The Morgan fingerprint density at radius 2 is 2.11 bits per heavy atom. The normalized spacial score (nSPS) is 24.2. The molecule has 2 atom stereocenters. The summed E-state index contributed by atoms with van der Waals surface area (Å²) in [5.74, 6) is 0.455. The van der Waals surface area contributed by atoms with E-state index in [1.165, 1.54) is 32.1 Å². The zero-order valence-corrected chi connectivity index (χ0v) is 11.6. The van der Waals surface area contributed by atoms with Gasteiger partial charge >= 0.3 is 0 Å². The first-order valence-electron chi connectivity index (χ1n) is 6.88. The minimum Gasteiger partial charge on any atom is -0.310 e. The fraction of sp³-hybridized carbons (Fsp3) is 0.600. The summed E-state index contributed by atoms with van der Waals surface area (Å²) in [4.78, 5) is 0. The van der Waals surface area contributed by atoms with E-state index in [0.717, 1.165) is 5.92 Å². The van der Waals surface area contributed by atoms with Crippen LogP contribution in [0.1, 0.15) is 44.6 Å². The van der Waals surface area contributed by atoms with Gasteiger partial charge in [-0.05, 0) is 24.8 Å². The first kappa shape index (κ1) is 13.8. The number of benzene rings is 1. The standard InChI is InChI=1S/C15H21ClFN/c1-2-11-6-3-4-9-14(11)18-10-12-7-5-8-13(16)15(12)17/h5,7-8,11,14,18H,2-4,6,9-10H2,1H3. The Morgan fingerprint density at radius 1 is 1.33 bits per heavy atom. The summed E-state index contributed by atoms with van der Waals surface area (Å²) in [6, 6.07) is 5.73. The fourth-order valence-electron chi connectivity index (χ4n) is 2.89. The van der Waals surface area contributed by atoms with Crippen LogP contribution in [0.25, 0.3) is 0 Å². The summed E-state index contributed by atoms with van der Waals surface area (Å²) < 4.78 is 13.8. The average molecular weight is 270 g/mol. The molecule has 2 rings (SSSR count). The van der Waals surface area contributed by atoms with E-state index in [-0.39, 0.29) is 10.8 Å². The molecule has 1 nitrogen and oxygen atoms in total. The van der Waals surface area contributed by atoms with E-state index in [1.807, 2.05) is 0 Å². The Labute approximate surface area is 114 Å². The van der Waals surface area contributed by atoms with Crippen LogP contribution in [0.4, 0.5) is 4.39 Å². The maximum absolute atomic E-state index is 13.8. The predicted molar refractivity (Wildman–Crippen MR) is 74.3 cm³/mol. The summed E-state index contributed by atoms with van der Waals surface area (Å²) in [5.41, 5.74) is 0.669. The van der Waals surface area contributed by atoms with E-state index in [4.69, 9.17) is 11.6 Å². The summed E-state index contributed by atoms with van der Waals surface area (Å²) in [6.45, 7) is 2.82. The van der Waals surface area contributed by atoms with Crippen LogP contribution in [0.5, 0.6) is 0 Å². The van der Waals surface area contributed by atoms with Gasteiger partial charge in [-0.15, -0.1) is 0 Å². The van der Waals surface area contributed by atoms with Crippen LogP contribution in [-0.2, 0) is 6.54 Å². The Bertz CT molecular complexity index is 394. The van der Waals surface area contributed by atoms with Crippen molar-refractivity contribution in [3.63, 3.8) is 0 Å². The lowest BCUT2D eigenvalue weighted by atomic mass is 9.83. The molecule has 0 amide bonds. The molecule has 0 bridgehead atoms. The predicted octanol–water partition coefficient (Wildman–Crippen LogP) is 4.54. The molecule has 1 fully saturated rings. The van der Waals surface area contributed by atoms with Gasteiger partial charge in [-0.2, -0.15) is 0 Å². The molecule has 3 heteroatoms. The monoisotopic (exact) mass is 269 g/mol. The van der Waals surface area contributed by atoms with Crippen LogP contribution >= 0.6 is 11.6 Å². The molecule has 0 heterocycles. The molecule has 1 saturated carbocycles. The van der Waals surface area contributed by atoms with Crippen LogP contribution in [0.3, 0.4) is 0 Å². The van der Waals surface area contributed by atoms with Gasteiger partial charge in [-0.1, -0.05) is 49.9 Å². The smallest absolute Gasteiger partial charge is 0.146 e. The molecule has 0 aliphatic heterocycles. The van der Waals surface area contributed by atoms with Crippen molar-refractivity contribution in [1.29, 1.82) is 0 Å². The number of halogens is 2. The second kappa shape index (κ2) is 6.53. The van der Waals surface area contributed by atoms with Crippen molar-refractivity contribution in [2.45, 2.75) is 51.6 Å². The lowest BCUT2D eigenvalue weighted by Gasteiger charge is -2.31. The molecule has 1 aliphatic rings. The first-order chi connectivity index (χ1) is 8.72. The molecular formula is C15H21ClFN. The van der Waals surface area contributed by atoms with E-state index in [1.54, 1.807) is 18.2 Å². The van der Waals surface area contributed by atoms with Crippen LogP contribution in [-0.4, -0.2) is 6.04 Å². The highest BCUT2D eigenvalue weighted by Crippen LogP contribution is 2.27. The van der Waals surface area contributed by atoms with Gasteiger partial charge in [0.15, 0.2) is 0 Å². The minimum atomic E-state index is -0.282. The van der Waals surface area contributed by atoms with E-state index < -0.39 is 0 Å². The van der Waals surface area contributed by atoms with Gasteiger partial charge in [0.1, 0.15) is 5.82 Å². The summed E-state index contributed by atoms with van der Waals surface area (Å²) in [6.07, 6.45) is 6.33. The molecule has 1 aromatic carbocycles. The molecule has 100 valence electrons. The van der Waals surface area contributed by atoms with E-state index >= 15 is 0 Å². The van der Waals surface area contributed by atoms with Crippen molar-refractivity contribution in [3.8, 4) is 0 Å². The zero-order valence-electron chi connectivity index (χ0n) is 10.9. The van der Waals surface area contributed by atoms with Crippen molar-refractivity contribution in [2.75, 3.05) is 0 Å². The SMILES string of the molecule is CCC1CCCCC1NCc1cccc(Cl)c1F. The molecule has 1 aromatic rings. The summed E-state index contributed by atoms with van der Waals surface area (Å²) >= 11 is 5.79. The van der Waals surface area contributed by atoms with Crippen molar-refractivity contribution >= 4 is 11.6 Å². The third-order valence-corrected chi connectivity index (χ3v) is 4.31. The molecule has 0 saturated heterocycles. The molecule has 0 radical (unpaired) electrons. The lowest BCUT2D eigenvalue weighted by Crippen LogP contribution is -2.38. The van der Waals surface area contributed by atoms with Crippen molar-refractivity contribution < 1.29 is 4.39 Å². The van der Waals surface area contributed by atoms with E-state index in [2.05, 4.69) is 12.2 Å². The Kier molecular flexibility index (Phi) is 5.02. The van der Waals surface area contributed by atoms with Crippen LogP contribution in [0.15, 0.2) is 18.2 Å². The average Bonchev–Trinajstić information content (AvgIpc) is 2.41. The minimum absolute atomic E-state index is 0.213. The van der Waals surface area contributed by atoms with Gasteiger partial charge in [0.25, 0.3) is 0 Å². The lowest BCUT2D eigenvalue weighted by molar-refractivity contribution is 0.253. The number of rotatable bonds is 4. The highest BCUT2D eigenvalue weighted by Gasteiger charge is 2.23. The van der Waals surface area contributed by atoms with Gasteiger partial charge in [0.2, 0.25) is 0 Å². The Morgan fingerprint density at radius 3 is 2.89 bits per heavy atom. The fourth-order valence-corrected chi connectivity index (χ4v) is 3.09. The van der Waals surface area contributed by atoms with Gasteiger partial charge in [0, 0.05) is 18.2 Å². The maximum atomic E-state index is 13.8. The van der Waals surface area contributed by atoms with E-state index in [9.17, 15) is 4.39 Å². The van der Waals surface area contributed by atoms with Crippen molar-refractivity contribution in [2.24, 2.45) is 5.92 Å². The number of nitrogens with one attached hydrogen (secondary N) is 1. The quantitative estimate of drug-likeness (QED) is 0.846. The van der Waals surface area contributed by atoms with Crippen LogP contribution in [0.2, 0.25) is 5.02 Å². The third-order valence-electron chi connectivity index (χ3n) is 4.02. The van der Waals surface area contributed by atoms with Gasteiger partial charge < -0.3 is 5.32 Å². The third kappa shape index (κ3) is 3.24. The molecular weight excluding hydrogens is 249 g/mol.